The third kappa shape index (κ3) is 8.80. The monoisotopic (exact) mass is 536 g/mol. The van der Waals surface area contributed by atoms with Crippen molar-refractivity contribution in [2.24, 2.45) is 0 Å². The van der Waals surface area contributed by atoms with Crippen molar-refractivity contribution in [3.05, 3.63) is 110 Å². The van der Waals surface area contributed by atoms with E-state index in [1.807, 2.05) is 29.8 Å². The Morgan fingerprint density at radius 3 is 1.59 bits per heavy atom. The topological polar surface area (TPSA) is 43.4 Å². The predicted molar refractivity (Wildman–Crippen MR) is 140 cm³/mol. The van der Waals surface area contributed by atoms with Crippen molar-refractivity contribution in [3.8, 4) is 29.4 Å². The van der Waals surface area contributed by atoms with Gasteiger partial charge in [-0.2, -0.15) is 13.2 Å². The van der Waals surface area contributed by atoms with Crippen molar-refractivity contribution in [3.63, 3.8) is 0 Å². The van der Waals surface area contributed by atoms with E-state index in [-0.39, 0.29) is 11.3 Å². The van der Waals surface area contributed by atoms with Crippen LogP contribution in [0.15, 0.2) is 83.6 Å². The van der Waals surface area contributed by atoms with E-state index in [9.17, 15) is 22.8 Å². The van der Waals surface area contributed by atoms with Gasteiger partial charge >= 0.3 is 6.18 Å². The van der Waals surface area contributed by atoms with Crippen LogP contribution >= 0.6 is 22.7 Å². The fraction of sp³-hybridized carbons (Fsp3) is 0.103. The number of halogens is 3. The number of Topliss-reactive ketones (excluding diaryl/α,β-unsaturated/α-hetero) is 2. The van der Waals surface area contributed by atoms with E-state index < -0.39 is 17.5 Å². The number of benzene rings is 2. The normalized spacial score (nSPS) is 10.1. The van der Waals surface area contributed by atoms with Gasteiger partial charge in [0.05, 0.1) is 21.9 Å². The van der Waals surface area contributed by atoms with E-state index in [4.69, 9.17) is 4.74 Å². The molecule has 2 aromatic heterocycles. The number of ketones is 2. The lowest BCUT2D eigenvalue weighted by atomic mass is 10.1. The first-order valence-electron chi connectivity index (χ1n) is 10.9. The van der Waals surface area contributed by atoms with Crippen LogP contribution < -0.4 is 4.74 Å². The molecule has 0 unspecified atom stereocenters. The van der Waals surface area contributed by atoms with E-state index in [1.54, 1.807) is 36.4 Å². The van der Waals surface area contributed by atoms with Crippen LogP contribution in [-0.2, 0) is 6.18 Å². The van der Waals surface area contributed by atoms with Crippen LogP contribution in [0.25, 0.3) is 0 Å². The molecular weight excluding hydrogens is 517 g/mol. The molecule has 3 nitrogen and oxygen atoms in total. The standard InChI is InChI=1S/C15H12O2S.C14H7F3OS/c1-2-17-13-7-5-12(6-8-13)15(16)10-9-14-4-3-11-18-14;15-14(16,17)11-5-3-10(4-6-11)13(18)8-7-12-2-1-9-19-12/h3-8,11H,2H2,1H3;1-6,9H. The number of carbonyl (C=O) groups excluding carboxylic acids is 2. The lowest BCUT2D eigenvalue weighted by Gasteiger charge is -2.05. The third-order valence-corrected chi connectivity index (χ3v) is 6.11. The Bertz CT molecular complexity index is 1430. The maximum Gasteiger partial charge on any atom is 0.416 e. The lowest BCUT2D eigenvalue weighted by molar-refractivity contribution is -0.137. The number of rotatable bonds is 4. The number of hydrogen-bond donors (Lipinski definition) is 0. The van der Waals surface area contributed by atoms with E-state index >= 15 is 0 Å². The Kier molecular flexibility index (Phi) is 9.85. The Balaban J connectivity index is 0.000000206. The van der Waals surface area contributed by atoms with Gasteiger partial charge in [0.2, 0.25) is 11.6 Å². The Labute approximate surface area is 220 Å². The summed E-state index contributed by atoms with van der Waals surface area (Å²) in [7, 11) is 0. The van der Waals surface area contributed by atoms with Gasteiger partial charge in [-0.1, -0.05) is 12.1 Å². The third-order valence-electron chi connectivity index (χ3n) is 4.54. The summed E-state index contributed by atoms with van der Waals surface area (Å²) < 4.78 is 42.3. The molecule has 0 N–H and O–H groups in total. The van der Waals surface area contributed by atoms with Crippen LogP contribution in [0.2, 0.25) is 0 Å². The molecule has 4 aromatic rings. The molecule has 0 saturated carbocycles. The van der Waals surface area contributed by atoms with Crippen molar-refractivity contribution in [2.45, 2.75) is 13.1 Å². The number of thiophene rings is 2. The van der Waals surface area contributed by atoms with Crippen molar-refractivity contribution >= 4 is 34.2 Å². The minimum atomic E-state index is -4.40. The average molecular weight is 537 g/mol. The number of carbonyl (C=O) groups is 2. The first-order chi connectivity index (χ1) is 17.8. The Morgan fingerprint density at radius 2 is 1.22 bits per heavy atom. The number of ether oxygens (including phenoxy) is 1. The Hall–Kier alpha value is -4.11. The number of alkyl halides is 3. The molecule has 0 aliphatic heterocycles. The van der Waals surface area contributed by atoms with Gasteiger partial charge in [-0.05, 0) is 102 Å². The van der Waals surface area contributed by atoms with Gasteiger partial charge in [0.25, 0.3) is 0 Å². The van der Waals surface area contributed by atoms with Gasteiger partial charge in [-0.25, -0.2) is 0 Å². The van der Waals surface area contributed by atoms with Crippen LogP contribution in [0.1, 0.15) is 43.0 Å². The largest absolute Gasteiger partial charge is 0.494 e. The smallest absolute Gasteiger partial charge is 0.416 e. The SMILES string of the molecule is CCOc1ccc(C(=O)C#Cc2cccs2)cc1.O=C(C#Cc1cccs1)c1ccc(C(F)(F)F)cc1. The fourth-order valence-electron chi connectivity index (χ4n) is 2.76. The van der Waals surface area contributed by atoms with Gasteiger partial charge in [-0.3, -0.25) is 9.59 Å². The number of hydrogen-bond acceptors (Lipinski definition) is 5. The van der Waals surface area contributed by atoms with Crippen LogP contribution in [0.4, 0.5) is 13.2 Å². The zero-order chi connectivity index (χ0) is 26.7. The molecule has 0 saturated heterocycles. The molecule has 186 valence electrons. The molecule has 0 bridgehead atoms. The first-order valence-corrected chi connectivity index (χ1v) is 12.6. The highest BCUT2D eigenvalue weighted by atomic mass is 32.1. The molecule has 0 radical (unpaired) electrons. The highest BCUT2D eigenvalue weighted by Gasteiger charge is 2.30. The summed E-state index contributed by atoms with van der Waals surface area (Å²) >= 11 is 2.91. The molecule has 2 aromatic carbocycles. The lowest BCUT2D eigenvalue weighted by Crippen LogP contribution is -2.05. The zero-order valence-corrected chi connectivity index (χ0v) is 21.1. The van der Waals surface area contributed by atoms with E-state index in [0.29, 0.717) is 12.2 Å². The molecule has 0 amide bonds. The van der Waals surface area contributed by atoms with Gasteiger partial charge in [0.15, 0.2) is 0 Å². The molecule has 0 aliphatic rings. The second kappa shape index (κ2) is 13.3. The molecule has 37 heavy (non-hydrogen) atoms. The van der Waals surface area contributed by atoms with Crippen LogP contribution in [0, 0.1) is 23.7 Å². The van der Waals surface area contributed by atoms with Crippen molar-refractivity contribution in [2.75, 3.05) is 6.61 Å². The fourth-order valence-corrected chi connectivity index (χ4v) is 3.90. The first kappa shape index (κ1) is 27.5. The Morgan fingerprint density at radius 1 is 0.757 bits per heavy atom. The summed E-state index contributed by atoms with van der Waals surface area (Å²) in [6.07, 6.45) is -4.40. The molecule has 8 heteroatoms. The highest BCUT2D eigenvalue weighted by molar-refractivity contribution is 7.10. The van der Waals surface area contributed by atoms with Gasteiger partial charge < -0.3 is 4.74 Å². The second-order valence-corrected chi connectivity index (χ2v) is 9.04. The summed E-state index contributed by atoms with van der Waals surface area (Å²) in [6, 6.07) is 18.4. The maximum atomic E-state index is 12.3. The van der Waals surface area contributed by atoms with Gasteiger partial charge in [0, 0.05) is 11.1 Å². The van der Waals surface area contributed by atoms with Crippen LogP contribution in [0.5, 0.6) is 5.75 Å². The minimum Gasteiger partial charge on any atom is -0.494 e. The summed E-state index contributed by atoms with van der Waals surface area (Å²) in [5.41, 5.74) is -0.0465. The zero-order valence-electron chi connectivity index (χ0n) is 19.5. The summed E-state index contributed by atoms with van der Waals surface area (Å²) in [5.74, 6) is 10.6. The van der Waals surface area contributed by atoms with E-state index in [1.165, 1.54) is 22.7 Å². The van der Waals surface area contributed by atoms with Crippen molar-refractivity contribution in [1.82, 2.24) is 0 Å². The highest BCUT2D eigenvalue weighted by Crippen LogP contribution is 2.29. The van der Waals surface area contributed by atoms with E-state index in [0.717, 1.165) is 39.8 Å². The second-order valence-electron chi connectivity index (χ2n) is 7.15. The van der Waals surface area contributed by atoms with Crippen molar-refractivity contribution in [1.29, 1.82) is 0 Å². The quantitative estimate of drug-likeness (QED) is 0.202. The molecular formula is C29H19F3O3S2. The summed E-state index contributed by atoms with van der Waals surface area (Å²) in [5, 5.41) is 3.76. The van der Waals surface area contributed by atoms with Crippen LogP contribution in [-0.4, -0.2) is 18.2 Å². The molecule has 4 rings (SSSR count). The van der Waals surface area contributed by atoms with Crippen molar-refractivity contribution < 1.29 is 27.5 Å². The molecule has 2 heterocycles. The molecule has 0 spiro atoms. The molecule has 0 atom stereocenters. The van der Waals surface area contributed by atoms with Gasteiger partial charge in [0.1, 0.15) is 5.75 Å². The maximum absolute atomic E-state index is 12.3. The van der Waals surface area contributed by atoms with Crippen LogP contribution in [0.3, 0.4) is 0 Å². The summed E-state index contributed by atoms with van der Waals surface area (Å²) in [6.45, 7) is 2.54. The predicted octanol–water partition coefficient (Wildman–Crippen LogP) is 7.38. The van der Waals surface area contributed by atoms with Gasteiger partial charge in [-0.15, -0.1) is 22.7 Å². The summed E-state index contributed by atoms with van der Waals surface area (Å²) in [4.78, 5) is 25.1. The molecule has 0 fully saturated rings. The minimum absolute atomic E-state index is 0.150. The molecule has 0 aliphatic carbocycles. The van der Waals surface area contributed by atoms with E-state index in [2.05, 4.69) is 23.7 Å². The average Bonchev–Trinajstić information content (AvgIpc) is 3.61.